The number of non-ortho nitro benzene ring substituents is 1. The van der Waals surface area contributed by atoms with Crippen LogP contribution in [0.2, 0.25) is 0 Å². The van der Waals surface area contributed by atoms with E-state index in [1.807, 2.05) is 0 Å². The standard InChI is InChI=1S/C20H19FN6O5/c21-10-4-6-11(7-5-10)23-20-25-17-16(19(30)26-20)14(9-15(28)24-17)18(29)22-12-2-1-3-13(8-12)27(31)32/h1-8,14,16-17,20,23,25H,9H2,(H,22,29)(H,24,28)(H,26,30). The summed E-state index contributed by atoms with van der Waals surface area (Å²) in [4.78, 5) is 48.3. The van der Waals surface area contributed by atoms with Crippen LogP contribution in [0.5, 0.6) is 0 Å². The minimum absolute atomic E-state index is 0.187. The first-order valence-electron chi connectivity index (χ1n) is 9.73. The Morgan fingerprint density at radius 2 is 1.84 bits per heavy atom. The van der Waals surface area contributed by atoms with Crippen molar-refractivity contribution in [2.45, 2.75) is 18.9 Å². The molecule has 4 unspecified atom stereocenters. The van der Waals surface area contributed by atoms with Gasteiger partial charge in [0.05, 0.1) is 22.9 Å². The number of fused-ring (bicyclic) bond motifs is 1. The molecule has 11 nitrogen and oxygen atoms in total. The minimum Gasteiger partial charge on any atom is -0.353 e. The summed E-state index contributed by atoms with van der Waals surface area (Å²) in [5, 5.41) is 24.8. The van der Waals surface area contributed by atoms with Gasteiger partial charge in [0, 0.05) is 29.9 Å². The molecule has 0 spiro atoms. The molecule has 2 aromatic carbocycles. The van der Waals surface area contributed by atoms with Gasteiger partial charge in [-0.3, -0.25) is 29.8 Å². The highest BCUT2D eigenvalue weighted by Gasteiger charge is 2.48. The van der Waals surface area contributed by atoms with Crippen molar-refractivity contribution in [1.29, 1.82) is 0 Å². The average Bonchev–Trinajstić information content (AvgIpc) is 2.74. The van der Waals surface area contributed by atoms with Gasteiger partial charge < -0.3 is 21.3 Å². The Balaban J connectivity index is 1.48. The number of nitrogens with one attached hydrogen (secondary N) is 5. The monoisotopic (exact) mass is 442 g/mol. The average molecular weight is 442 g/mol. The van der Waals surface area contributed by atoms with Crippen LogP contribution in [0.25, 0.3) is 0 Å². The normalized spacial score (nSPS) is 24.5. The number of rotatable bonds is 5. The molecule has 2 heterocycles. The molecule has 3 amide bonds. The molecule has 0 saturated carbocycles. The van der Waals surface area contributed by atoms with E-state index in [-0.39, 0.29) is 17.8 Å². The van der Waals surface area contributed by atoms with Crippen molar-refractivity contribution in [2.24, 2.45) is 11.8 Å². The number of nitro benzene ring substituents is 1. The van der Waals surface area contributed by atoms with Crippen molar-refractivity contribution in [3.8, 4) is 0 Å². The maximum absolute atomic E-state index is 13.1. The minimum atomic E-state index is -0.993. The molecule has 4 rings (SSSR count). The second-order valence-electron chi connectivity index (χ2n) is 7.44. The van der Waals surface area contributed by atoms with E-state index >= 15 is 0 Å². The molecule has 0 aliphatic carbocycles. The van der Waals surface area contributed by atoms with Gasteiger partial charge in [0.2, 0.25) is 17.7 Å². The van der Waals surface area contributed by atoms with Crippen molar-refractivity contribution >= 4 is 34.8 Å². The van der Waals surface area contributed by atoms with Crippen LogP contribution in [0.4, 0.5) is 21.5 Å². The second-order valence-corrected chi connectivity index (χ2v) is 7.44. The molecule has 4 atom stereocenters. The summed E-state index contributed by atoms with van der Waals surface area (Å²) in [6.45, 7) is 0. The van der Waals surface area contributed by atoms with Gasteiger partial charge in [0.15, 0.2) is 6.29 Å². The Bertz CT molecular complexity index is 1080. The zero-order valence-electron chi connectivity index (χ0n) is 16.5. The summed E-state index contributed by atoms with van der Waals surface area (Å²) >= 11 is 0. The fourth-order valence-electron chi connectivity index (χ4n) is 3.80. The first kappa shape index (κ1) is 21.2. The van der Waals surface area contributed by atoms with E-state index < -0.39 is 52.8 Å². The molecule has 2 fully saturated rings. The Labute approximate surface area is 180 Å². The van der Waals surface area contributed by atoms with E-state index in [1.54, 1.807) is 0 Å². The van der Waals surface area contributed by atoms with Gasteiger partial charge in [-0.2, -0.15) is 0 Å². The number of carbonyl (C=O) groups excluding carboxylic acids is 3. The second kappa shape index (κ2) is 8.59. The lowest BCUT2D eigenvalue weighted by Crippen LogP contribution is -2.72. The molecule has 2 aromatic rings. The smallest absolute Gasteiger partial charge is 0.271 e. The van der Waals surface area contributed by atoms with Gasteiger partial charge in [-0.15, -0.1) is 0 Å². The van der Waals surface area contributed by atoms with Crippen LogP contribution in [0.15, 0.2) is 48.5 Å². The van der Waals surface area contributed by atoms with Crippen LogP contribution in [-0.4, -0.2) is 35.1 Å². The molecule has 0 bridgehead atoms. The molecule has 0 radical (unpaired) electrons. The lowest BCUT2D eigenvalue weighted by molar-refractivity contribution is -0.384. The third-order valence-electron chi connectivity index (χ3n) is 5.27. The molecule has 12 heteroatoms. The van der Waals surface area contributed by atoms with Gasteiger partial charge in [0.1, 0.15) is 5.82 Å². The number of nitrogens with zero attached hydrogens (tertiary/aromatic N) is 1. The summed E-state index contributed by atoms with van der Waals surface area (Å²) < 4.78 is 13.1. The van der Waals surface area contributed by atoms with Gasteiger partial charge in [-0.05, 0) is 30.3 Å². The molecule has 2 saturated heterocycles. The summed E-state index contributed by atoms with van der Waals surface area (Å²) in [5.41, 5.74) is 0.519. The van der Waals surface area contributed by atoms with E-state index in [0.717, 1.165) is 0 Å². The molecular formula is C20H19FN6O5. The summed E-state index contributed by atoms with van der Waals surface area (Å²) in [5.74, 6) is -3.80. The topological polar surface area (TPSA) is 154 Å². The van der Waals surface area contributed by atoms with E-state index in [1.165, 1.54) is 48.5 Å². The molecule has 166 valence electrons. The summed E-state index contributed by atoms with van der Waals surface area (Å²) in [6.07, 6.45) is -1.82. The Hall–Kier alpha value is -4.06. The van der Waals surface area contributed by atoms with Gasteiger partial charge in [-0.1, -0.05) is 6.07 Å². The summed E-state index contributed by atoms with van der Waals surface area (Å²) in [6, 6.07) is 10.9. The molecule has 2 aliphatic rings. The Kier molecular flexibility index (Phi) is 5.69. The molecule has 2 aliphatic heterocycles. The largest absolute Gasteiger partial charge is 0.353 e. The van der Waals surface area contributed by atoms with Crippen molar-refractivity contribution in [3.05, 3.63) is 64.5 Å². The van der Waals surface area contributed by atoms with Crippen molar-refractivity contribution < 1.29 is 23.7 Å². The molecule has 5 N–H and O–H groups in total. The highest BCUT2D eigenvalue weighted by molar-refractivity contribution is 6.00. The number of piperidine rings is 1. The Morgan fingerprint density at radius 1 is 1.09 bits per heavy atom. The Morgan fingerprint density at radius 3 is 2.56 bits per heavy atom. The van der Waals surface area contributed by atoms with Crippen LogP contribution in [0.3, 0.4) is 0 Å². The van der Waals surface area contributed by atoms with Crippen LogP contribution in [0.1, 0.15) is 6.42 Å². The van der Waals surface area contributed by atoms with E-state index in [0.29, 0.717) is 5.69 Å². The van der Waals surface area contributed by atoms with Crippen LogP contribution in [0, 0.1) is 27.8 Å². The fraction of sp³-hybridized carbons (Fsp3) is 0.250. The number of carbonyl (C=O) groups is 3. The predicted octanol–water partition coefficient (Wildman–Crippen LogP) is 0.866. The number of hydrogen-bond donors (Lipinski definition) is 5. The first-order chi connectivity index (χ1) is 15.3. The quantitative estimate of drug-likeness (QED) is 0.340. The first-order valence-corrected chi connectivity index (χ1v) is 9.73. The van der Waals surface area contributed by atoms with Crippen molar-refractivity contribution in [2.75, 3.05) is 10.6 Å². The highest BCUT2D eigenvalue weighted by Crippen LogP contribution is 2.28. The zero-order valence-corrected chi connectivity index (χ0v) is 16.5. The third-order valence-corrected chi connectivity index (χ3v) is 5.27. The lowest BCUT2D eigenvalue weighted by atomic mass is 9.81. The van der Waals surface area contributed by atoms with E-state index in [4.69, 9.17) is 0 Å². The van der Waals surface area contributed by atoms with E-state index in [9.17, 15) is 28.9 Å². The van der Waals surface area contributed by atoms with Crippen LogP contribution in [-0.2, 0) is 14.4 Å². The maximum Gasteiger partial charge on any atom is 0.271 e. The lowest BCUT2D eigenvalue weighted by Gasteiger charge is -2.43. The van der Waals surface area contributed by atoms with Crippen molar-refractivity contribution in [3.63, 3.8) is 0 Å². The summed E-state index contributed by atoms with van der Waals surface area (Å²) in [7, 11) is 0. The molecular weight excluding hydrogens is 423 g/mol. The SMILES string of the molecule is O=C1CC(C(=O)Nc2cccc([N+](=O)[O-])c2)C2C(=O)NC(Nc3ccc(F)cc3)NC2N1. The number of anilines is 2. The van der Waals surface area contributed by atoms with Crippen molar-refractivity contribution in [1.82, 2.24) is 16.0 Å². The third kappa shape index (κ3) is 4.49. The number of amides is 3. The molecule has 0 aromatic heterocycles. The predicted molar refractivity (Wildman–Crippen MR) is 110 cm³/mol. The van der Waals surface area contributed by atoms with Gasteiger partial charge in [-0.25, -0.2) is 4.39 Å². The zero-order chi connectivity index (χ0) is 22.8. The highest BCUT2D eigenvalue weighted by atomic mass is 19.1. The number of benzene rings is 2. The van der Waals surface area contributed by atoms with Gasteiger partial charge >= 0.3 is 0 Å². The number of hydrogen-bond acceptors (Lipinski definition) is 7. The van der Waals surface area contributed by atoms with Crippen LogP contribution < -0.4 is 26.6 Å². The molecule has 32 heavy (non-hydrogen) atoms. The fourth-order valence-corrected chi connectivity index (χ4v) is 3.80. The number of halogens is 1. The van der Waals surface area contributed by atoms with E-state index in [2.05, 4.69) is 26.6 Å². The van der Waals surface area contributed by atoms with Gasteiger partial charge in [0.25, 0.3) is 5.69 Å². The number of nitro groups is 1. The maximum atomic E-state index is 13.1. The van der Waals surface area contributed by atoms with Crippen LogP contribution >= 0.6 is 0 Å².